The summed E-state index contributed by atoms with van der Waals surface area (Å²) in [5.74, 6) is -1.98. The van der Waals surface area contributed by atoms with E-state index in [1.165, 1.54) is 4.68 Å². The second-order valence-corrected chi connectivity index (χ2v) is 8.47. The van der Waals surface area contributed by atoms with Crippen molar-refractivity contribution in [3.8, 4) is 0 Å². The molecule has 0 fully saturated rings. The highest BCUT2D eigenvalue weighted by Crippen LogP contribution is 2.24. The summed E-state index contributed by atoms with van der Waals surface area (Å²) in [6, 6.07) is 13.0. The van der Waals surface area contributed by atoms with Gasteiger partial charge in [0.2, 0.25) is 0 Å². The first-order valence-electron chi connectivity index (χ1n) is 10.8. The van der Waals surface area contributed by atoms with Crippen molar-refractivity contribution in [3.05, 3.63) is 76.1 Å². The number of hydrogen-bond donors (Lipinski definition) is 2. The molecule has 8 nitrogen and oxygen atoms in total. The first kappa shape index (κ1) is 22.6. The fourth-order valence-electron chi connectivity index (χ4n) is 3.98. The Morgan fingerprint density at radius 1 is 1.03 bits per heavy atom. The number of fused-ring (bicyclic) bond motifs is 1. The molecule has 0 aliphatic rings. The number of hydrogen-bond acceptors (Lipinski definition) is 6. The lowest BCUT2D eigenvalue weighted by atomic mass is 9.99. The van der Waals surface area contributed by atoms with E-state index in [9.17, 15) is 19.8 Å². The molecule has 0 spiro atoms. The molecular weight excluding hydrogens is 440 g/mol. The average molecular weight is 465 g/mol. The van der Waals surface area contributed by atoms with Crippen LogP contribution in [-0.4, -0.2) is 40.7 Å². The summed E-state index contributed by atoms with van der Waals surface area (Å²) in [5.41, 5.74) is 5.54. The summed E-state index contributed by atoms with van der Waals surface area (Å²) in [6.45, 7) is 2.28. The molecule has 0 saturated carbocycles. The van der Waals surface area contributed by atoms with Crippen LogP contribution >= 0.6 is 11.7 Å². The Labute approximate surface area is 194 Å². The van der Waals surface area contributed by atoms with Crippen molar-refractivity contribution in [1.29, 1.82) is 0 Å². The van der Waals surface area contributed by atoms with Crippen LogP contribution in [0.3, 0.4) is 0 Å². The minimum absolute atomic E-state index is 0.128. The summed E-state index contributed by atoms with van der Waals surface area (Å²) in [7, 11) is 0. The molecule has 0 saturated heterocycles. The van der Waals surface area contributed by atoms with E-state index < -0.39 is 11.9 Å². The van der Waals surface area contributed by atoms with Crippen LogP contribution in [0.4, 0.5) is 0 Å². The monoisotopic (exact) mass is 464 g/mol. The van der Waals surface area contributed by atoms with Crippen LogP contribution in [0.15, 0.2) is 42.5 Å². The topological polar surface area (TPSA) is 118 Å². The van der Waals surface area contributed by atoms with E-state index >= 15 is 0 Å². The first-order valence-corrected chi connectivity index (χ1v) is 11.5. The van der Waals surface area contributed by atoms with Crippen molar-refractivity contribution >= 4 is 34.7 Å². The number of rotatable bonds is 10. The Kier molecular flexibility index (Phi) is 6.79. The molecule has 33 heavy (non-hydrogen) atoms. The second-order valence-electron chi connectivity index (χ2n) is 7.94. The molecule has 4 rings (SSSR count). The molecule has 2 N–H and O–H groups in total. The predicted molar refractivity (Wildman–Crippen MR) is 125 cm³/mol. The van der Waals surface area contributed by atoms with Gasteiger partial charge in [0.1, 0.15) is 16.7 Å². The minimum Gasteiger partial charge on any atom is -0.481 e. The Morgan fingerprint density at radius 2 is 1.79 bits per heavy atom. The van der Waals surface area contributed by atoms with Gasteiger partial charge in [0.25, 0.3) is 0 Å². The van der Waals surface area contributed by atoms with Gasteiger partial charge in [-0.25, -0.2) is 4.79 Å². The molecule has 9 heteroatoms. The van der Waals surface area contributed by atoms with Gasteiger partial charge < -0.3 is 10.2 Å². The van der Waals surface area contributed by atoms with Crippen LogP contribution in [-0.2, 0) is 30.6 Å². The summed E-state index contributed by atoms with van der Waals surface area (Å²) in [6.07, 6.45) is 2.83. The summed E-state index contributed by atoms with van der Waals surface area (Å²) < 4.78 is 10.0. The van der Waals surface area contributed by atoms with E-state index in [2.05, 4.69) is 15.7 Å². The van der Waals surface area contributed by atoms with Crippen LogP contribution in [0.1, 0.15) is 58.2 Å². The van der Waals surface area contributed by atoms with E-state index in [0.29, 0.717) is 24.0 Å². The normalized spacial score (nSPS) is 11.2. The Hall–Kier alpha value is -3.59. The molecule has 2 aromatic carbocycles. The Morgan fingerprint density at radius 3 is 2.52 bits per heavy atom. The molecule has 0 unspecified atom stereocenters. The van der Waals surface area contributed by atoms with Crippen LogP contribution < -0.4 is 0 Å². The third kappa shape index (κ3) is 5.09. The van der Waals surface area contributed by atoms with E-state index in [4.69, 9.17) is 5.10 Å². The van der Waals surface area contributed by atoms with Gasteiger partial charge in [-0.3, -0.25) is 9.48 Å². The van der Waals surface area contributed by atoms with Gasteiger partial charge in [0.15, 0.2) is 0 Å². The quantitative estimate of drug-likeness (QED) is 0.361. The number of carbonyl (C=O) groups is 2. The van der Waals surface area contributed by atoms with E-state index in [-0.39, 0.29) is 18.7 Å². The molecule has 0 bridgehead atoms. The number of unbranched alkanes of at least 4 members (excludes halogenated alkanes) is 1. The van der Waals surface area contributed by atoms with Crippen molar-refractivity contribution in [2.24, 2.45) is 0 Å². The Balaban J connectivity index is 1.75. The number of aryl methyl sites for hydroxylation is 1. The molecular formula is C24H24N4O4S. The second kappa shape index (κ2) is 9.91. The van der Waals surface area contributed by atoms with Crippen LogP contribution in [0.25, 0.3) is 11.0 Å². The molecule has 2 aromatic heterocycles. The maximum Gasteiger partial charge on any atom is 0.354 e. The first-order chi connectivity index (χ1) is 16.0. The molecule has 2 heterocycles. The summed E-state index contributed by atoms with van der Waals surface area (Å²) >= 11 is 1.15. The van der Waals surface area contributed by atoms with Gasteiger partial charge >= 0.3 is 11.9 Å². The molecule has 0 aliphatic carbocycles. The largest absolute Gasteiger partial charge is 0.481 e. The number of carboxylic acids is 2. The lowest BCUT2D eigenvalue weighted by molar-refractivity contribution is -0.136. The predicted octanol–water partition coefficient (Wildman–Crippen LogP) is 4.19. The zero-order valence-corrected chi connectivity index (χ0v) is 19.0. The highest BCUT2D eigenvalue weighted by molar-refractivity contribution is 7.00. The van der Waals surface area contributed by atoms with Crippen LogP contribution in [0.5, 0.6) is 0 Å². The zero-order chi connectivity index (χ0) is 23.4. The van der Waals surface area contributed by atoms with Gasteiger partial charge in [-0.15, -0.1) is 0 Å². The van der Waals surface area contributed by atoms with Crippen molar-refractivity contribution in [2.45, 2.75) is 45.6 Å². The van der Waals surface area contributed by atoms with E-state index in [0.717, 1.165) is 52.4 Å². The fraction of sp³-hybridized carbons (Fsp3) is 0.292. The molecule has 0 radical (unpaired) electrons. The molecule has 0 amide bonds. The Bertz CT molecular complexity index is 1310. The minimum atomic E-state index is -1.05. The van der Waals surface area contributed by atoms with Crippen LogP contribution in [0.2, 0.25) is 0 Å². The standard InChI is InChI=1S/C24H24N4O4S/c1-2-3-8-19-18(11-15-9-10-20-21(12-15)27-33-26-20)23(24(31)32)28(25-19)14-17-7-5-4-6-16(17)13-22(29)30/h4-7,9-10,12H,2-3,8,11,13-14H2,1H3,(H,29,30)(H,31,32). The molecule has 170 valence electrons. The van der Waals surface area contributed by atoms with Gasteiger partial charge in [-0.05, 0) is 41.7 Å². The molecule has 0 aliphatic heterocycles. The maximum absolute atomic E-state index is 12.4. The highest BCUT2D eigenvalue weighted by Gasteiger charge is 2.24. The van der Waals surface area contributed by atoms with E-state index in [1.807, 2.05) is 30.3 Å². The van der Waals surface area contributed by atoms with Gasteiger partial charge in [0.05, 0.1) is 30.4 Å². The lowest BCUT2D eigenvalue weighted by Gasteiger charge is -2.10. The SMILES string of the molecule is CCCCc1nn(Cc2ccccc2CC(=O)O)c(C(=O)O)c1Cc1ccc2nsnc2c1. The average Bonchev–Trinajstić information content (AvgIpc) is 3.37. The number of benzene rings is 2. The van der Waals surface area contributed by atoms with E-state index in [1.54, 1.807) is 12.1 Å². The zero-order valence-electron chi connectivity index (χ0n) is 18.2. The summed E-state index contributed by atoms with van der Waals surface area (Å²) in [5, 5.41) is 24.1. The van der Waals surface area contributed by atoms with Crippen molar-refractivity contribution in [3.63, 3.8) is 0 Å². The van der Waals surface area contributed by atoms with Gasteiger partial charge in [0, 0.05) is 12.0 Å². The molecule has 4 aromatic rings. The lowest BCUT2D eigenvalue weighted by Crippen LogP contribution is -2.14. The van der Waals surface area contributed by atoms with Crippen molar-refractivity contribution < 1.29 is 19.8 Å². The third-order valence-corrected chi connectivity index (χ3v) is 6.14. The number of aliphatic carboxylic acids is 1. The summed E-state index contributed by atoms with van der Waals surface area (Å²) in [4.78, 5) is 23.6. The number of carboxylic acid groups (broad SMARTS) is 2. The van der Waals surface area contributed by atoms with Crippen LogP contribution in [0, 0.1) is 0 Å². The third-order valence-electron chi connectivity index (χ3n) is 5.58. The van der Waals surface area contributed by atoms with Crippen molar-refractivity contribution in [2.75, 3.05) is 0 Å². The number of nitrogens with zero attached hydrogens (tertiary/aromatic N) is 4. The van der Waals surface area contributed by atoms with Crippen molar-refractivity contribution in [1.82, 2.24) is 18.5 Å². The fourth-order valence-corrected chi connectivity index (χ4v) is 4.50. The smallest absolute Gasteiger partial charge is 0.354 e. The van der Waals surface area contributed by atoms with Gasteiger partial charge in [-0.1, -0.05) is 43.7 Å². The molecule has 0 atom stereocenters. The maximum atomic E-state index is 12.4. The van der Waals surface area contributed by atoms with Gasteiger partial charge in [-0.2, -0.15) is 13.8 Å². The number of aromatic carboxylic acids is 1. The number of aromatic nitrogens is 4. The highest BCUT2D eigenvalue weighted by atomic mass is 32.1.